The Balaban J connectivity index is 6.17. The zero-order chi connectivity index (χ0) is 26.1. The van der Waals surface area contributed by atoms with E-state index in [-0.39, 0.29) is 0 Å². The molecule has 7 heteroatoms. The van der Waals surface area contributed by atoms with E-state index < -0.39 is 47.0 Å². The molecule has 0 aromatic heterocycles. The molecule has 0 aliphatic carbocycles. The van der Waals surface area contributed by atoms with Gasteiger partial charge in [0.1, 0.15) is 0 Å². The lowest BCUT2D eigenvalue weighted by Crippen LogP contribution is -2.57. The van der Waals surface area contributed by atoms with Gasteiger partial charge in [-0.15, -0.1) is 0 Å². The summed E-state index contributed by atoms with van der Waals surface area (Å²) >= 11 is 0. The third-order valence-electron chi connectivity index (χ3n) is 7.41. The van der Waals surface area contributed by atoms with Crippen LogP contribution in [0.3, 0.4) is 0 Å². The van der Waals surface area contributed by atoms with Gasteiger partial charge >= 0.3 is 0 Å². The Kier molecular flexibility index (Phi) is 16.9. The maximum absolute atomic E-state index is 12.7. The maximum atomic E-state index is 12.7. The van der Waals surface area contributed by atoms with Gasteiger partial charge in [0.2, 0.25) is 17.7 Å². The largest absolute Gasteiger partial charge is 0.389 e. The molecule has 0 saturated carbocycles. The molecule has 7 N–H and O–H groups in total. The van der Waals surface area contributed by atoms with Crippen LogP contribution in [0.4, 0.5) is 0 Å². The summed E-state index contributed by atoms with van der Waals surface area (Å²) in [5.41, 5.74) is 15.8. The fraction of sp³-hybridized carbons (Fsp3) is 0.889. The van der Waals surface area contributed by atoms with Crippen molar-refractivity contribution in [2.24, 2.45) is 40.9 Å². The van der Waals surface area contributed by atoms with Gasteiger partial charge < -0.3 is 22.3 Å². The lowest BCUT2D eigenvalue weighted by molar-refractivity contribution is -0.155. The number of unbranched alkanes of at least 4 members (excludes halogenated alkanes) is 9. The van der Waals surface area contributed by atoms with Crippen molar-refractivity contribution >= 4 is 17.7 Å². The van der Waals surface area contributed by atoms with Crippen LogP contribution in [0.1, 0.15) is 124 Å². The number of rotatable bonds is 22. The van der Waals surface area contributed by atoms with Gasteiger partial charge in [0.15, 0.2) is 0 Å². The summed E-state index contributed by atoms with van der Waals surface area (Å²) in [6.07, 6.45) is 12.6. The Morgan fingerprint density at radius 2 is 0.971 bits per heavy atom. The van der Waals surface area contributed by atoms with E-state index in [1.165, 1.54) is 0 Å². The molecule has 3 amide bonds. The Morgan fingerprint density at radius 3 is 1.26 bits per heavy atom. The van der Waals surface area contributed by atoms with Crippen molar-refractivity contribution in [2.75, 3.05) is 0 Å². The molecule has 34 heavy (non-hydrogen) atoms. The molecule has 0 radical (unpaired) electrons. The molecule has 4 atom stereocenters. The van der Waals surface area contributed by atoms with Gasteiger partial charge in [-0.25, -0.2) is 0 Å². The minimum Gasteiger partial charge on any atom is -0.389 e. The van der Waals surface area contributed by atoms with Crippen LogP contribution in [-0.2, 0) is 14.4 Å². The zero-order valence-corrected chi connectivity index (χ0v) is 22.3. The van der Waals surface area contributed by atoms with Gasteiger partial charge in [0.25, 0.3) is 0 Å². The van der Waals surface area contributed by atoms with Crippen molar-refractivity contribution < 1.29 is 19.5 Å². The van der Waals surface area contributed by atoms with Crippen LogP contribution in [0.5, 0.6) is 0 Å². The molecule has 0 rings (SSSR count). The van der Waals surface area contributed by atoms with Gasteiger partial charge in [-0.2, -0.15) is 0 Å². The van der Waals surface area contributed by atoms with Crippen LogP contribution in [0.25, 0.3) is 0 Å². The lowest BCUT2D eigenvalue weighted by Gasteiger charge is -2.44. The fourth-order valence-electron chi connectivity index (χ4n) is 5.40. The topological polar surface area (TPSA) is 150 Å². The van der Waals surface area contributed by atoms with Gasteiger partial charge in [0, 0.05) is 17.8 Å². The van der Waals surface area contributed by atoms with Gasteiger partial charge in [-0.1, -0.05) is 97.8 Å². The average Bonchev–Trinajstić information content (AvgIpc) is 2.75. The third kappa shape index (κ3) is 11.2. The highest BCUT2D eigenvalue weighted by molar-refractivity contribution is 5.82. The van der Waals surface area contributed by atoms with E-state index in [1.54, 1.807) is 6.92 Å². The number of carbonyl (C=O) groups excluding carboxylic acids is 3. The maximum Gasteiger partial charge on any atom is 0.223 e. The van der Waals surface area contributed by atoms with Crippen molar-refractivity contribution in [3.8, 4) is 0 Å². The summed E-state index contributed by atoms with van der Waals surface area (Å²) in [5, 5.41) is 11.9. The Morgan fingerprint density at radius 1 is 0.618 bits per heavy atom. The molecule has 200 valence electrons. The van der Waals surface area contributed by atoms with Gasteiger partial charge in [-0.3, -0.25) is 14.4 Å². The van der Waals surface area contributed by atoms with Crippen molar-refractivity contribution in [3.63, 3.8) is 0 Å². The molecule has 0 aromatic carbocycles. The molecule has 7 nitrogen and oxygen atoms in total. The number of aliphatic hydroxyl groups is 1. The standard InChI is InChI=1S/C27H53N3O4/c1-5-8-11-14-17-20(24(28)31)23(21(25(29)32)18-15-12-9-6-2)27(4,34)22(26(30)33)19-16-13-10-7-3/h20-23,34H,5-19H2,1-4H3,(H2,28,31)(H2,29,32)(H2,30,33). The molecule has 0 heterocycles. The van der Waals surface area contributed by atoms with Crippen molar-refractivity contribution in [2.45, 2.75) is 130 Å². The van der Waals surface area contributed by atoms with E-state index >= 15 is 0 Å². The molecule has 0 saturated heterocycles. The minimum atomic E-state index is -1.67. The number of hydrogen-bond donors (Lipinski definition) is 4. The van der Waals surface area contributed by atoms with Crippen LogP contribution in [0.15, 0.2) is 0 Å². The quantitative estimate of drug-likeness (QED) is 0.167. The first kappa shape index (κ1) is 32.4. The van der Waals surface area contributed by atoms with Crippen LogP contribution in [0, 0.1) is 23.7 Å². The Labute approximate surface area is 208 Å². The molecule has 4 unspecified atom stereocenters. The molecule has 0 fully saturated rings. The average molecular weight is 484 g/mol. The van der Waals surface area contributed by atoms with E-state index in [9.17, 15) is 19.5 Å². The van der Waals surface area contributed by atoms with Crippen LogP contribution in [0.2, 0.25) is 0 Å². The molecular weight excluding hydrogens is 430 g/mol. The van der Waals surface area contributed by atoms with E-state index in [0.29, 0.717) is 19.3 Å². The second-order valence-electron chi connectivity index (χ2n) is 10.3. The number of hydrogen-bond acceptors (Lipinski definition) is 4. The molecule has 0 aliphatic rings. The zero-order valence-electron chi connectivity index (χ0n) is 22.3. The number of amides is 3. The molecule has 0 aliphatic heterocycles. The molecule has 0 aromatic rings. The van der Waals surface area contributed by atoms with Crippen molar-refractivity contribution in [1.29, 1.82) is 0 Å². The molecular formula is C27H53N3O4. The van der Waals surface area contributed by atoms with E-state index in [1.807, 2.05) is 0 Å². The number of carbonyl (C=O) groups is 3. The predicted molar refractivity (Wildman–Crippen MR) is 138 cm³/mol. The molecule has 0 bridgehead atoms. The first-order chi connectivity index (χ1) is 16.1. The lowest BCUT2D eigenvalue weighted by atomic mass is 9.62. The smallest absolute Gasteiger partial charge is 0.223 e. The molecule has 0 spiro atoms. The first-order valence-electron chi connectivity index (χ1n) is 13.7. The number of nitrogens with two attached hydrogens (primary N) is 3. The summed E-state index contributed by atoms with van der Waals surface area (Å²) in [6.45, 7) is 7.86. The normalized spacial score (nSPS) is 16.9. The minimum absolute atomic E-state index is 0.404. The Hall–Kier alpha value is -1.63. The summed E-state index contributed by atoms with van der Waals surface area (Å²) in [6, 6.07) is 0. The second kappa shape index (κ2) is 17.8. The van der Waals surface area contributed by atoms with Gasteiger partial charge in [0.05, 0.1) is 11.5 Å². The van der Waals surface area contributed by atoms with Gasteiger partial charge in [-0.05, 0) is 26.2 Å². The summed E-state index contributed by atoms with van der Waals surface area (Å²) in [4.78, 5) is 37.9. The first-order valence-corrected chi connectivity index (χ1v) is 13.7. The fourth-order valence-corrected chi connectivity index (χ4v) is 5.40. The highest BCUT2D eigenvalue weighted by atomic mass is 16.3. The monoisotopic (exact) mass is 483 g/mol. The summed E-state index contributed by atoms with van der Waals surface area (Å²) in [7, 11) is 0. The highest BCUT2D eigenvalue weighted by Crippen LogP contribution is 2.43. The van der Waals surface area contributed by atoms with Crippen LogP contribution in [-0.4, -0.2) is 28.4 Å². The second-order valence-corrected chi connectivity index (χ2v) is 10.3. The summed E-state index contributed by atoms with van der Waals surface area (Å²) in [5.74, 6) is -4.98. The SMILES string of the molecule is CCCCCCC(C(N)=O)C(C(CCCCCC)C(N)=O)C(C)(O)C(CCCCCC)C(N)=O. The van der Waals surface area contributed by atoms with Crippen molar-refractivity contribution in [3.05, 3.63) is 0 Å². The van der Waals surface area contributed by atoms with Crippen LogP contribution >= 0.6 is 0 Å². The predicted octanol–water partition coefficient (Wildman–Crippen LogP) is 4.57. The van der Waals surface area contributed by atoms with Crippen molar-refractivity contribution in [1.82, 2.24) is 0 Å². The van der Waals surface area contributed by atoms with Crippen LogP contribution < -0.4 is 17.2 Å². The van der Waals surface area contributed by atoms with E-state index in [2.05, 4.69) is 20.8 Å². The number of primary amides is 3. The summed E-state index contributed by atoms with van der Waals surface area (Å²) < 4.78 is 0. The highest BCUT2D eigenvalue weighted by Gasteiger charge is 2.51. The Bertz CT molecular complexity index is 564. The van der Waals surface area contributed by atoms with E-state index in [0.717, 1.165) is 77.0 Å². The third-order valence-corrected chi connectivity index (χ3v) is 7.41. The van der Waals surface area contributed by atoms with E-state index in [4.69, 9.17) is 17.2 Å².